The normalized spacial score (nSPS) is 11.9. The minimum atomic E-state index is -0.393. The van der Waals surface area contributed by atoms with Crippen LogP contribution in [0.5, 0.6) is 17.2 Å². The van der Waals surface area contributed by atoms with Gasteiger partial charge in [-0.3, -0.25) is 4.99 Å². The molecule has 0 radical (unpaired) electrons. The fraction of sp³-hybridized carbons (Fsp3) is 0.500. The quantitative estimate of drug-likeness (QED) is 0.0462. The Labute approximate surface area is 272 Å². The van der Waals surface area contributed by atoms with E-state index in [-0.39, 0.29) is 6.10 Å². The Hall–Kier alpha value is -3.60. The van der Waals surface area contributed by atoms with E-state index in [1.165, 1.54) is 83.5 Å². The van der Waals surface area contributed by atoms with Crippen LogP contribution in [-0.4, -0.2) is 24.9 Å². The lowest BCUT2D eigenvalue weighted by Crippen LogP contribution is -2.11. The molecule has 0 amide bonds. The van der Waals surface area contributed by atoms with E-state index in [4.69, 9.17) is 14.2 Å². The van der Waals surface area contributed by atoms with E-state index in [2.05, 4.69) is 25.8 Å². The minimum absolute atomic E-state index is 0.210. The van der Waals surface area contributed by atoms with Crippen molar-refractivity contribution in [3.63, 3.8) is 0 Å². The third-order valence-electron chi connectivity index (χ3n) is 7.95. The number of carbonyl (C=O) groups is 1. The predicted octanol–water partition coefficient (Wildman–Crippen LogP) is 11.7. The second-order valence-corrected chi connectivity index (χ2v) is 12.0. The molecular formula is C40H55NO4. The number of carbonyl (C=O) groups excluding carboxylic acids is 1. The van der Waals surface area contributed by atoms with Gasteiger partial charge in [0.25, 0.3) is 0 Å². The first-order valence-electron chi connectivity index (χ1n) is 17.4. The molecule has 0 spiro atoms. The maximum atomic E-state index is 12.7. The largest absolute Gasteiger partial charge is 0.494 e. The van der Waals surface area contributed by atoms with Crippen molar-refractivity contribution in [2.45, 2.75) is 123 Å². The van der Waals surface area contributed by atoms with Gasteiger partial charge in [0.1, 0.15) is 17.2 Å². The molecule has 3 rings (SSSR count). The Balaban J connectivity index is 1.33. The molecule has 0 heterocycles. The van der Waals surface area contributed by atoms with Crippen molar-refractivity contribution >= 4 is 17.9 Å². The molecule has 1 atom stereocenters. The van der Waals surface area contributed by atoms with Crippen molar-refractivity contribution in [3.05, 3.63) is 83.9 Å². The molecule has 0 unspecified atom stereocenters. The molecule has 0 N–H and O–H groups in total. The lowest BCUT2D eigenvalue weighted by molar-refractivity contribution is 0.0734. The predicted molar refractivity (Wildman–Crippen MR) is 188 cm³/mol. The van der Waals surface area contributed by atoms with E-state index in [1.54, 1.807) is 30.5 Å². The topological polar surface area (TPSA) is 57.1 Å². The number of hydrogen-bond acceptors (Lipinski definition) is 5. The lowest BCUT2D eigenvalue weighted by Gasteiger charge is -2.14. The van der Waals surface area contributed by atoms with Crippen LogP contribution >= 0.6 is 0 Å². The van der Waals surface area contributed by atoms with E-state index in [1.807, 2.05) is 48.5 Å². The van der Waals surface area contributed by atoms with Crippen LogP contribution in [-0.2, 0) is 0 Å². The van der Waals surface area contributed by atoms with Crippen molar-refractivity contribution in [3.8, 4) is 17.2 Å². The first-order valence-corrected chi connectivity index (χ1v) is 17.4. The monoisotopic (exact) mass is 613 g/mol. The third kappa shape index (κ3) is 15.3. The van der Waals surface area contributed by atoms with Gasteiger partial charge in [0, 0.05) is 6.21 Å². The fourth-order valence-corrected chi connectivity index (χ4v) is 5.16. The van der Waals surface area contributed by atoms with E-state index < -0.39 is 5.97 Å². The Bertz CT molecular complexity index is 1220. The molecule has 0 fully saturated rings. The van der Waals surface area contributed by atoms with Gasteiger partial charge < -0.3 is 14.2 Å². The SMILES string of the molecule is CCCCCCCCCCCCOc1ccc(C(=O)Oc2ccc(C=Nc3ccc(O[C@H](C)CCCCCC)cc3)cc2)cc1. The van der Waals surface area contributed by atoms with Crippen molar-refractivity contribution in [2.75, 3.05) is 6.61 Å². The summed E-state index contributed by atoms with van der Waals surface area (Å²) >= 11 is 0. The summed E-state index contributed by atoms with van der Waals surface area (Å²) in [5, 5.41) is 0. The number of esters is 1. The summed E-state index contributed by atoms with van der Waals surface area (Å²) in [6.45, 7) is 7.32. The highest BCUT2D eigenvalue weighted by molar-refractivity contribution is 5.91. The summed E-state index contributed by atoms with van der Waals surface area (Å²) in [5.41, 5.74) is 2.26. The first-order chi connectivity index (χ1) is 22.1. The van der Waals surface area contributed by atoms with Gasteiger partial charge in [-0.2, -0.15) is 0 Å². The van der Waals surface area contributed by atoms with Gasteiger partial charge in [-0.1, -0.05) is 90.9 Å². The molecule has 0 aliphatic heterocycles. The van der Waals surface area contributed by atoms with Crippen molar-refractivity contribution in [2.24, 2.45) is 4.99 Å². The molecule has 0 aromatic heterocycles. The number of nitrogens with zero attached hydrogens (tertiary/aromatic N) is 1. The standard InChI is InChI=1S/C40H55NO4/c1-4-6-8-10-11-12-13-14-15-17-31-43-37-27-21-35(22-28-37)40(42)45-39-25-19-34(20-26-39)32-41-36-23-29-38(30-24-36)44-33(3)18-16-9-7-5-2/h19-30,32-33H,4-18,31H2,1-3H3/t33-/m1/s1. The number of hydrogen-bond donors (Lipinski definition) is 0. The number of rotatable bonds is 23. The van der Waals surface area contributed by atoms with Gasteiger partial charge in [0.2, 0.25) is 0 Å². The van der Waals surface area contributed by atoms with Crippen LogP contribution in [0.3, 0.4) is 0 Å². The molecule has 0 saturated carbocycles. The molecule has 5 heteroatoms. The van der Waals surface area contributed by atoms with Gasteiger partial charge in [-0.05, 0) is 105 Å². The maximum absolute atomic E-state index is 12.7. The van der Waals surface area contributed by atoms with Gasteiger partial charge in [0.15, 0.2) is 0 Å². The Kier molecular flexibility index (Phi) is 17.5. The highest BCUT2D eigenvalue weighted by Gasteiger charge is 2.09. The summed E-state index contributed by atoms with van der Waals surface area (Å²) in [4.78, 5) is 17.2. The van der Waals surface area contributed by atoms with Crippen molar-refractivity contribution in [1.29, 1.82) is 0 Å². The minimum Gasteiger partial charge on any atom is -0.494 e. The Morgan fingerprint density at radius 2 is 1.18 bits per heavy atom. The highest BCUT2D eigenvalue weighted by atomic mass is 16.5. The zero-order chi connectivity index (χ0) is 32.0. The second kappa shape index (κ2) is 22.0. The lowest BCUT2D eigenvalue weighted by atomic mass is 10.1. The molecule has 244 valence electrons. The fourth-order valence-electron chi connectivity index (χ4n) is 5.16. The van der Waals surface area contributed by atoms with Gasteiger partial charge in [0.05, 0.1) is 24.0 Å². The maximum Gasteiger partial charge on any atom is 0.343 e. The van der Waals surface area contributed by atoms with Crippen LogP contribution in [0.15, 0.2) is 77.8 Å². The van der Waals surface area contributed by atoms with Gasteiger partial charge >= 0.3 is 5.97 Å². The molecule has 45 heavy (non-hydrogen) atoms. The van der Waals surface area contributed by atoms with Crippen LogP contribution in [0.4, 0.5) is 5.69 Å². The average molecular weight is 614 g/mol. The highest BCUT2D eigenvalue weighted by Crippen LogP contribution is 2.22. The smallest absolute Gasteiger partial charge is 0.343 e. The van der Waals surface area contributed by atoms with Crippen LogP contribution in [0, 0.1) is 0 Å². The van der Waals surface area contributed by atoms with E-state index in [0.29, 0.717) is 17.9 Å². The van der Waals surface area contributed by atoms with Crippen LogP contribution < -0.4 is 14.2 Å². The summed E-state index contributed by atoms with van der Waals surface area (Å²) in [6.07, 6.45) is 21.1. The summed E-state index contributed by atoms with van der Waals surface area (Å²) in [7, 11) is 0. The van der Waals surface area contributed by atoms with E-state index in [0.717, 1.165) is 35.6 Å². The third-order valence-corrected chi connectivity index (χ3v) is 7.95. The molecule has 5 nitrogen and oxygen atoms in total. The van der Waals surface area contributed by atoms with E-state index >= 15 is 0 Å². The number of ether oxygens (including phenoxy) is 3. The van der Waals surface area contributed by atoms with Gasteiger partial charge in [-0.25, -0.2) is 4.79 Å². The van der Waals surface area contributed by atoms with E-state index in [9.17, 15) is 4.79 Å². The zero-order valence-electron chi connectivity index (χ0n) is 28.0. The summed E-state index contributed by atoms with van der Waals surface area (Å²) in [5.74, 6) is 1.74. The summed E-state index contributed by atoms with van der Waals surface area (Å²) < 4.78 is 17.5. The molecular weight excluding hydrogens is 558 g/mol. The average Bonchev–Trinajstić information content (AvgIpc) is 3.06. The molecule has 0 aliphatic carbocycles. The molecule has 0 saturated heterocycles. The summed E-state index contributed by atoms with van der Waals surface area (Å²) in [6, 6.07) is 22.3. The molecule has 3 aromatic rings. The van der Waals surface area contributed by atoms with Crippen LogP contribution in [0.25, 0.3) is 0 Å². The first kappa shape index (κ1) is 35.9. The number of benzene rings is 3. The molecule has 3 aromatic carbocycles. The van der Waals surface area contributed by atoms with Crippen molar-refractivity contribution in [1.82, 2.24) is 0 Å². The Morgan fingerprint density at radius 1 is 0.644 bits per heavy atom. The Morgan fingerprint density at radius 3 is 1.80 bits per heavy atom. The van der Waals surface area contributed by atoms with Crippen LogP contribution in [0.2, 0.25) is 0 Å². The molecule has 0 aliphatic rings. The molecule has 0 bridgehead atoms. The second-order valence-electron chi connectivity index (χ2n) is 12.0. The van der Waals surface area contributed by atoms with Crippen LogP contribution in [0.1, 0.15) is 133 Å². The zero-order valence-corrected chi connectivity index (χ0v) is 28.0. The number of unbranched alkanes of at least 4 members (excludes halogenated alkanes) is 12. The van der Waals surface area contributed by atoms with Gasteiger partial charge in [-0.15, -0.1) is 0 Å². The van der Waals surface area contributed by atoms with Crippen molar-refractivity contribution < 1.29 is 19.0 Å². The number of aliphatic imine (C=N–C) groups is 1.